The molecule has 0 aliphatic heterocycles. The summed E-state index contributed by atoms with van der Waals surface area (Å²) in [5.41, 5.74) is 0.611. The van der Waals surface area contributed by atoms with Gasteiger partial charge in [-0.25, -0.2) is 0 Å². The first-order valence-corrected chi connectivity index (χ1v) is 7.91. The highest BCUT2D eigenvalue weighted by atomic mass is 35.5. The van der Waals surface area contributed by atoms with Gasteiger partial charge in [-0.2, -0.15) is 0 Å². The summed E-state index contributed by atoms with van der Waals surface area (Å²) in [4.78, 5) is 24.4. The van der Waals surface area contributed by atoms with Crippen molar-refractivity contribution in [1.29, 1.82) is 0 Å². The Bertz CT molecular complexity index is 686. The van der Waals surface area contributed by atoms with Gasteiger partial charge in [-0.15, -0.1) is 0 Å². The molecule has 114 valence electrons. The van der Waals surface area contributed by atoms with Crippen molar-refractivity contribution in [3.63, 3.8) is 0 Å². The highest BCUT2D eigenvalue weighted by Gasteiger charge is 2.62. The molecular weight excluding hydrogens is 302 g/mol. The largest absolute Gasteiger partial charge is 0.481 e. The van der Waals surface area contributed by atoms with Gasteiger partial charge in [0.15, 0.2) is 0 Å². The first-order valence-electron chi connectivity index (χ1n) is 7.54. The van der Waals surface area contributed by atoms with Gasteiger partial charge in [-0.3, -0.25) is 9.59 Å². The summed E-state index contributed by atoms with van der Waals surface area (Å²) in [7, 11) is 0. The van der Waals surface area contributed by atoms with Crippen molar-refractivity contribution in [2.45, 2.75) is 6.42 Å². The van der Waals surface area contributed by atoms with E-state index in [9.17, 15) is 14.7 Å². The number of anilines is 1. The minimum Gasteiger partial charge on any atom is -0.481 e. The molecule has 2 fully saturated rings. The number of carboxylic acids is 1. The summed E-state index contributed by atoms with van der Waals surface area (Å²) in [6, 6.07) is 6.93. The predicted octanol–water partition coefficient (Wildman–Crippen LogP) is 3.05. The van der Waals surface area contributed by atoms with Gasteiger partial charge in [0.25, 0.3) is 0 Å². The third-order valence-corrected chi connectivity index (χ3v) is 5.57. The molecule has 0 saturated heterocycles. The van der Waals surface area contributed by atoms with Crippen LogP contribution in [0.5, 0.6) is 0 Å². The zero-order chi connectivity index (χ0) is 15.4. The summed E-state index contributed by atoms with van der Waals surface area (Å²) in [6.45, 7) is 0. The molecule has 0 spiro atoms. The molecule has 2 saturated carbocycles. The van der Waals surface area contributed by atoms with E-state index >= 15 is 0 Å². The van der Waals surface area contributed by atoms with Crippen molar-refractivity contribution in [3.8, 4) is 0 Å². The average Bonchev–Trinajstić information content (AvgIpc) is 3.28. The van der Waals surface area contributed by atoms with Crippen LogP contribution in [0.3, 0.4) is 0 Å². The maximum atomic E-state index is 12.7. The van der Waals surface area contributed by atoms with Crippen LogP contribution < -0.4 is 5.32 Å². The van der Waals surface area contributed by atoms with Crippen LogP contribution in [0.2, 0.25) is 5.02 Å². The molecular formula is C17H16ClNO3. The highest BCUT2D eigenvalue weighted by molar-refractivity contribution is 6.30. The zero-order valence-electron chi connectivity index (χ0n) is 11.8. The normalized spacial score (nSPS) is 37.5. The Balaban J connectivity index is 1.61. The minimum atomic E-state index is -0.865. The van der Waals surface area contributed by atoms with Gasteiger partial charge in [0.05, 0.1) is 11.8 Å². The van der Waals surface area contributed by atoms with Crippen LogP contribution in [-0.2, 0) is 9.59 Å². The third-order valence-electron chi connectivity index (χ3n) is 5.33. The number of rotatable bonds is 3. The fraction of sp³-hybridized carbons (Fsp3) is 0.412. The number of hydrogen-bond acceptors (Lipinski definition) is 2. The number of allylic oxidation sites excluding steroid dienone is 2. The second-order valence-corrected chi connectivity index (χ2v) is 6.93. The molecule has 2 N–H and O–H groups in total. The summed E-state index contributed by atoms with van der Waals surface area (Å²) < 4.78 is 0. The zero-order valence-corrected chi connectivity index (χ0v) is 12.5. The molecule has 6 atom stereocenters. The Kier molecular flexibility index (Phi) is 3.05. The molecule has 4 aliphatic carbocycles. The monoisotopic (exact) mass is 317 g/mol. The van der Waals surface area contributed by atoms with Crippen LogP contribution in [0, 0.1) is 35.5 Å². The van der Waals surface area contributed by atoms with Crippen LogP contribution in [0.15, 0.2) is 36.4 Å². The standard InChI is InChI=1S/C17H16ClNO3/c18-8-2-1-3-9(6-8)19-16(20)14-10-4-5-11(13-7-12(10)13)15(14)17(21)22/h1-6,10-15H,7H2,(H,19,20)(H,21,22)/t10-,11-,12-,13-,14+,15+/m1/s1. The number of carbonyl (C=O) groups is 2. The molecule has 2 bridgehead atoms. The van der Waals surface area contributed by atoms with Crippen molar-refractivity contribution in [2.75, 3.05) is 5.32 Å². The fourth-order valence-electron chi connectivity index (χ4n) is 4.36. The van der Waals surface area contributed by atoms with Gasteiger partial charge >= 0.3 is 5.97 Å². The van der Waals surface area contributed by atoms with Crippen LogP contribution >= 0.6 is 11.6 Å². The molecule has 5 heteroatoms. The van der Waals surface area contributed by atoms with E-state index in [4.69, 9.17) is 11.6 Å². The number of benzene rings is 1. The number of aliphatic carboxylic acids is 1. The van der Waals surface area contributed by atoms with Gasteiger partial charge in [0.2, 0.25) is 5.91 Å². The first kappa shape index (κ1) is 13.8. The number of nitrogens with one attached hydrogen (secondary N) is 1. The highest BCUT2D eigenvalue weighted by Crippen LogP contribution is 2.63. The lowest BCUT2D eigenvalue weighted by atomic mass is 9.62. The lowest BCUT2D eigenvalue weighted by molar-refractivity contribution is -0.152. The van der Waals surface area contributed by atoms with E-state index in [1.807, 2.05) is 6.08 Å². The molecule has 1 amide bonds. The van der Waals surface area contributed by atoms with Gasteiger partial charge in [-0.05, 0) is 48.3 Å². The average molecular weight is 318 g/mol. The summed E-state index contributed by atoms with van der Waals surface area (Å²) >= 11 is 5.93. The van der Waals surface area contributed by atoms with E-state index in [1.54, 1.807) is 24.3 Å². The number of carbonyl (C=O) groups excluding carboxylic acids is 1. The Morgan fingerprint density at radius 1 is 1.14 bits per heavy atom. The van der Waals surface area contributed by atoms with Gasteiger partial charge in [-0.1, -0.05) is 29.8 Å². The van der Waals surface area contributed by atoms with Crippen molar-refractivity contribution >= 4 is 29.2 Å². The quantitative estimate of drug-likeness (QED) is 0.842. The molecule has 22 heavy (non-hydrogen) atoms. The minimum absolute atomic E-state index is 0.00242. The Hall–Kier alpha value is -1.81. The van der Waals surface area contributed by atoms with Crippen LogP contribution in [0.4, 0.5) is 5.69 Å². The van der Waals surface area contributed by atoms with Crippen LogP contribution in [0.1, 0.15) is 6.42 Å². The molecule has 0 heterocycles. The van der Waals surface area contributed by atoms with Gasteiger partial charge in [0.1, 0.15) is 0 Å². The molecule has 5 rings (SSSR count). The molecule has 0 radical (unpaired) electrons. The predicted molar refractivity (Wildman–Crippen MR) is 82.4 cm³/mol. The smallest absolute Gasteiger partial charge is 0.307 e. The fourth-order valence-corrected chi connectivity index (χ4v) is 4.55. The lowest BCUT2D eigenvalue weighted by Gasteiger charge is -2.41. The molecule has 0 aromatic heterocycles. The van der Waals surface area contributed by atoms with Crippen LogP contribution in [-0.4, -0.2) is 17.0 Å². The molecule has 0 unspecified atom stereocenters. The maximum Gasteiger partial charge on any atom is 0.307 e. The van der Waals surface area contributed by atoms with E-state index in [1.165, 1.54) is 0 Å². The Morgan fingerprint density at radius 3 is 2.45 bits per heavy atom. The van der Waals surface area contributed by atoms with Crippen molar-refractivity contribution in [1.82, 2.24) is 0 Å². The second kappa shape index (κ2) is 4.85. The topological polar surface area (TPSA) is 66.4 Å². The molecule has 4 aliphatic rings. The number of amides is 1. The summed E-state index contributed by atoms with van der Waals surface area (Å²) in [5, 5.41) is 13.0. The second-order valence-electron chi connectivity index (χ2n) is 6.49. The SMILES string of the molecule is O=C(O)[C@H]1[C@@H]2C=C[C@H]([C@H]3C[C@H]23)[C@@H]1C(=O)Nc1cccc(Cl)c1. The molecule has 4 nitrogen and oxygen atoms in total. The van der Waals surface area contributed by atoms with Crippen LogP contribution in [0.25, 0.3) is 0 Å². The van der Waals surface area contributed by atoms with E-state index in [2.05, 4.69) is 11.4 Å². The Labute approximate surface area is 133 Å². The van der Waals surface area contributed by atoms with Crippen molar-refractivity contribution in [3.05, 3.63) is 41.4 Å². The third kappa shape index (κ3) is 2.05. The van der Waals surface area contributed by atoms with E-state index in [-0.39, 0.29) is 17.7 Å². The van der Waals surface area contributed by atoms with Crippen molar-refractivity contribution < 1.29 is 14.7 Å². The lowest BCUT2D eigenvalue weighted by Crippen LogP contribution is -2.48. The van der Waals surface area contributed by atoms with Gasteiger partial charge < -0.3 is 10.4 Å². The number of hydrogen-bond donors (Lipinski definition) is 2. The molecule has 1 aromatic rings. The van der Waals surface area contributed by atoms with E-state index in [0.717, 1.165) is 6.42 Å². The summed E-state index contributed by atoms with van der Waals surface area (Å²) in [6.07, 6.45) is 5.12. The van der Waals surface area contributed by atoms with E-state index in [0.29, 0.717) is 22.5 Å². The van der Waals surface area contributed by atoms with Gasteiger partial charge in [0, 0.05) is 10.7 Å². The first-order chi connectivity index (χ1) is 10.6. The van der Waals surface area contributed by atoms with E-state index < -0.39 is 17.8 Å². The number of fused-ring (bicyclic) bond motifs is 1. The number of carboxylic acid groups (broad SMARTS) is 1. The van der Waals surface area contributed by atoms with Crippen molar-refractivity contribution in [2.24, 2.45) is 35.5 Å². The Morgan fingerprint density at radius 2 is 1.82 bits per heavy atom. The number of halogens is 1. The summed E-state index contributed by atoms with van der Waals surface area (Å²) in [5.74, 6) is -1.17. The molecule has 1 aromatic carbocycles. The maximum absolute atomic E-state index is 12.7.